The maximum absolute atomic E-state index is 14.0. The Morgan fingerprint density at radius 2 is 1.62 bits per heavy atom. The third kappa shape index (κ3) is 2.31. The Balaban J connectivity index is 2.31. The van der Waals surface area contributed by atoms with E-state index in [9.17, 15) is 8.78 Å². The van der Waals surface area contributed by atoms with Gasteiger partial charge in [0.1, 0.15) is 11.6 Å². The van der Waals surface area contributed by atoms with Gasteiger partial charge in [0.25, 0.3) is 0 Å². The van der Waals surface area contributed by atoms with Gasteiger partial charge in [0.15, 0.2) is 11.6 Å². The van der Waals surface area contributed by atoms with Gasteiger partial charge in [-0.25, -0.2) is 8.78 Å². The molecule has 2 N–H and O–H groups in total. The molecule has 0 amide bonds. The van der Waals surface area contributed by atoms with E-state index in [1.165, 1.54) is 6.07 Å². The zero-order chi connectivity index (χ0) is 15.0. The molecular formula is C15H9BrF2N2O. The summed E-state index contributed by atoms with van der Waals surface area (Å²) in [4.78, 5) is 0. The van der Waals surface area contributed by atoms with Gasteiger partial charge in [0.05, 0.1) is 11.1 Å². The average molecular weight is 351 g/mol. The van der Waals surface area contributed by atoms with Gasteiger partial charge in [-0.2, -0.15) is 0 Å². The van der Waals surface area contributed by atoms with Crippen molar-refractivity contribution in [3.05, 3.63) is 58.6 Å². The normalized spacial score (nSPS) is 10.8. The predicted molar refractivity (Wildman–Crippen MR) is 79.4 cm³/mol. The highest BCUT2D eigenvalue weighted by Crippen LogP contribution is 2.41. The van der Waals surface area contributed by atoms with E-state index in [2.05, 4.69) is 21.1 Å². The van der Waals surface area contributed by atoms with Crippen molar-refractivity contribution in [1.29, 1.82) is 0 Å². The molecule has 6 heteroatoms. The van der Waals surface area contributed by atoms with Crippen LogP contribution in [0.25, 0.3) is 22.5 Å². The molecule has 0 fully saturated rings. The third-order valence-corrected chi connectivity index (χ3v) is 3.74. The molecule has 3 nitrogen and oxygen atoms in total. The van der Waals surface area contributed by atoms with Gasteiger partial charge in [-0.3, -0.25) is 0 Å². The second-order valence-electron chi connectivity index (χ2n) is 4.35. The van der Waals surface area contributed by atoms with Crippen LogP contribution in [0.2, 0.25) is 0 Å². The van der Waals surface area contributed by atoms with Crippen LogP contribution in [0, 0.1) is 11.6 Å². The second-order valence-corrected chi connectivity index (χ2v) is 5.20. The zero-order valence-electron chi connectivity index (χ0n) is 10.6. The summed E-state index contributed by atoms with van der Waals surface area (Å²) in [5.74, 6) is -1.44. The van der Waals surface area contributed by atoms with E-state index < -0.39 is 11.6 Å². The van der Waals surface area contributed by atoms with Crippen molar-refractivity contribution in [3.63, 3.8) is 0 Å². The number of rotatable bonds is 2. The van der Waals surface area contributed by atoms with Crippen LogP contribution in [-0.4, -0.2) is 5.16 Å². The molecule has 21 heavy (non-hydrogen) atoms. The molecule has 1 heterocycles. The Kier molecular flexibility index (Phi) is 3.47. The lowest BCUT2D eigenvalue weighted by Crippen LogP contribution is -1.93. The highest BCUT2D eigenvalue weighted by molar-refractivity contribution is 9.10. The summed E-state index contributed by atoms with van der Waals surface area (Å²) in [5.41, 5.74) is 6.52. The molecule has 0 unspecified atom stereocenters. The summed E-state index contributed by atoms with van der Waals surface area (Å²) in [6, 6.07) is 10.8. The number of anilines is 1. The van der Waals surface area contributed by atoms with Crippen LogP contribution in [0.15, 0.2) is 51.5 Å². The first kappa shape index (κ1) is 13.8. The molecular weight excluding hydrogens is 342 g/mol. The van der Waals surface area contributed by atoms with Gasteiger partial charge in [-0.15, -0.1) is 0 Å². The molecule has 0 saturated carbocycles. The first-order valence-electron chi connectivity index (χ1n) is 6.04. The number of nitrogen functional groups attached to an aromatic ring is 1. The number of hydrogen-bond acceptors (Lipinski definition) is 3. The van der Waals surface area contributed by atoms with Crippen molar-refractivity contribution in [1.82, 2.24) is 5.16 Å². The van der Waals surface area contributed by atoms with Crippen molar-refractivity contribution in [2.45, 2.75) is 0 Å². The molecule has 1 aromatic heterocycles. The van der Waals surface area contributed by atoms with Crippen LogP contribution in [-0.2, 0) is 0 Å². The highest BCUT2D eigenvalue weighted by atomic mass is 79.9. The van der Waals surface area contributed by atoms with Crippen molar-refractivity contribution in [3.8, 4) is 22.5 Å². The van der Waals surface area contributed by atoms with Crippen LogP contribution in [0.5, 0.6) is 0 Å². The first-order valence-corrected chi connectivity index (χ1v) is 6.83. The Labute approximate surface area is 127 Å². The van der Waals surface area contributed by atoms with Gasteiger partial charge >= 0.3 is 0 Å². The summed E-state index contributed by atoms with van der Waals surface area (Å²) in [7, 11) is 0. The van der Waals surface area contributed by atoms with Gasteiger partial charge in [-0.05, 0) is 18.2 Å². The quantitative estimate of drug-likeness (QED) is 0.732. The topological polar surface area (TPSA) is 52.0 Å². The van der Waals surface area contributed by atoms with Crippen molar-refractivity contribution in [2.24, 2.45) is 0 Å². The van der Waals surface area contributed by atoms with Crippen LogP contribution in [0.1, 0.15) is 0 Å². The van der Waals surface area contributed by atoms with Gasteiger partial charge in [0, 0.05) is 10.0 Å². The van der Waals surface area contributed by atoms with Crippen LogP contribution < -0.4 is 5.73 Å². The van der Waals surface area contributed by atoms with E-state index in [0.29, 0.717) is 11.1 Å². The average Bonchev–Trinajstić information content (AvgIpc) is 2.81. The smallest absolute Gasteiger partial charge is 0.182 e. The van der Waals surface area contributed by atoms with Crippen LogP contribution in [0.3, 0.4) is 0 Å². The Hall–Kier alpha value is -2.21. The van der Waals surface area contributed by atoms with Crippen LogP contribution in [0.4, 0.5) is 14.6 Å². The standard InChI is InChI=1S/C15H9BrF2N2O/c16-9-5-2-1-4-8(9)12-14(21-20-15(12)19)13-10(17)6-3-7-11(13)18/h1-7H,(H2,19,20). The van der Waals surface area contributed by atoms with Crippen LogP contribution >= 0.6 is 15.9 Å². The molecule has 2 aromatic carbocycles. The molecule has 3 rings (SSSR count). The third-order valence-electron chi connectivity index (χ3n) is 3.05. The number of aromatic nitrogens is 1. The van der Waals surface area contributed by atoms with Crippen molar-refractivity contribution < 1.29 is 13.3 Å². The highest BCUT2D eigenvalue weighted by Gasteiger charge is 2.24. The van der Waals surface area contributed by atoms with Crippen molar-refractivity contribution >= 4 is 21.7 Å². The summed E-state index contributed by atoms with van der Waals surface area (Å²) in [6.07, 6.45) is 0. The second kappa shape index (κ2) is 5.29. The first-order chi connectivity index (χ1) is 10.1. The minimum atomic E-state index is -0.737. The van der Waals surface area contributed by atoms with E-state index in [0.717, 1.165) is 16.6 Å². The minimum Gasteiger partial charge on any atom is -0.380 e. The van der Waals surface area contributed by atoms with Gasteiger partial charge < -0.3 is 10.3 Å². The Morgan fingerprint density at radius 1 is 0.952 bits per heavy atom. The molecule has 0 bridgehead atoms. The molecule has 0 atom stereocenters. The monoisotopic (exact) mass is 350 g/mol. The summed E-state index contributed by atoms with van der Waals surface area (Å²) < 4.78 is 33.7. The van der Waals surface area contributed by atoms with E-state index in [1.807, 2.05) is 6.07 Å². The summed E-state index contributed by atoms with van der Waals surface area (Å²) >= 11 is 3.38. The lowest BCUT2D eigenvalue weighted by molar-refractivity contribution is 0.430. The zero-order valence-corrected chi connectivity index (χ0v) is 12.2. The molecule has 106 valence electrons. The Morgan fingerprint density at radius 3 is 2.29 bits per heavy atom. The molecule has 0 aliphatic rings. The molecule has 0 aliphatic heterocycles. The molecule has 0 aliphatic carbocycles. The number of benzene rings is 2. The van der Waals surface area contributed by atoms with Gasteiger partial charge in [0.2, 0.25) is 0 Å². The molecule has 0 spiro atoms. The fourth-order valence-electron chi connectivity index (χ4n) is 2.11. The lowest BCUT2D eigenvalue weighted by atomic mass is 10.0. The fourth-order valence-corrected chi connectivity index (χ4v) is 2.60. The maximum Gasteiger partial charge on any atom is 0.182 e. The summed E-state index contributed by atoms with van der Waals surface area (Å²) in [6.45, 7) is 0. The van der Waals surface area contributed by atoms with E-state index in [1.54, 1.807) is 18.2 Å². The summed E-state index contributed by atoms with van der Waals surface area (Å²) in [5, 5.41) is 3.64. The minimum absolute atomic E-state index is 0.0324. The van der Waals surface area contributed by atoms with Gasteiger partial charge in [-0.1, -0.05) is 45.4 Å². The lowest BCUT2D eigenvalue weighted by Gasteiger charge is -2.06. The number of halogens is 3. The van der Waals surface area contributed by atoms with E-state index in [4.69, 9.17) is 10.3 Å². The van der Waals surface area contributed by atoms with E-state index >= 15 is 0 Å². The largest absolute Gasteiger partial charge is 0.380 e. The Bertz CT molecular complexity index is 797. The number of hydrogen-bond donors (Lipinski definition) is 1. The number of nitrogens with zero attached hydrogens (tertiary/aromatic N) is 1. The molecule has 0 saturated heterocycles. The van der Waals surface area contributed by atoms with Crippen molar-refractivity contribution in [2.75, 3.05) is 5.73 Å². The van der Waals surface area contributed by atoms with E-state index in [-0.39, 0.29) is 17.1 Å². The SMILES string of the molecule is Nc1noc(-c2c(F)cccc2F)c1-c1ccccc1Br. The molecule has 0 radical (unpaired) electrons. The fraction of sp³-hybridized carbons (Fsp3) is 0. The predicted octanol–water partition coefficient (Wildman–Crippen LogP) is 4.63. The maximum atomic E-state index is 14.0. The molecule has 3 aromatic rings. The number of nitrogens with two attached hydrogens (primary N) is 1.